The minimum Gasteiger partial charge on any atom is -0.468 e. The van der Waals surface area contributed by atoms with E-state index in [1.165, 1.54) is 16.7 Å². The highest BCUT2D eigenvalue weighted by Crippen LogP contribution is 2.19. The molecule has 1 unspecified atom stereocenters. The molecule has 2 aromatic rings. The molecule has 0 amide bonds. The lowest BCUT2D eigenvalue weighted by Gasteiger charge is -2.14. The lowest BCUT2D eigenvalue weighted by atomic mass is 10.00. The van der Waals surface area contributed by atoms with Crippen LogP contribution in [-0.2, 0) is 6.42 Å². The van der Waals surface area contributed by atoms with E-state index in [0.717, 1.165) is 12.2 Å². The second kappa shape index (κ2) is 5.17. The van der Waals surface area contributed by atoms with Gasteiger partial charge in [0.2, 0.25) is 0 Å². The van der Waals surface area contributed by atoms with Crippen molar-refractivity contribution in [1.29, 1.82) is 0 Å². The average Bonchev–Trinajstić information content (AvgIpc) is 2.84. The fourth-order valence-corrected chi connectivity index (χ4v) is 1.90. The van der Waals surface area contributed by atoms with Crippen molar-refractivity contribution in [3.05, 3.63) is 59.0 Å². The molecule has 0 saturated carbocycles. The van der Waals surface area contributed by atoms with Crippen molar-refractivity contribution >= 4 is 0 Å². The molecule has 1 aromatic heterocycles. The van der Waals surface area contributed by atoms with Gasteiger partial charge in [-0.05, 0) is 49.1 Å². The molecule has 0 bridgehead atoms. The van der Waals surface area contributed by atoms with Gasteiger partial charge in [-0.15, -0.1) is 0 Å². The molecule has 0 aliphatic carbocycles. The number of furan rings is 1. The second-order valence-corrected chi connectivity index (χ2v) is 4.36. The Labute approximate surface area is 102 Å². The molecule has 2 rings (SSSR count). The molecule has 0 aliphatic heterocycles. The van der Waals surface area contributed by atoms with Crippen LogP contribution in [0.3, 0.4) is 0 Å². The van der Waals surface area contributed by atoms with Gasteiger partial charge in [0.25, 0.3) is 0 Å². The van der Waals surface area contributed by atoms with E-state index in [2.05, 4.69) is 37.5 Å². The SMILES string of the molecule is Cc1ccc(CC(NN)c2ccco2)cc1C. The van der Waals surface area contributed by atoms with Crippen molar-refractivity contribution in [3.63, 3.8) is 0 Å². The van der Waals surface area contributed by atoms with Crippen molar-refractivity contribution in [2.24, 2.45) is 5.84 Å². The van der Waals surface area contributed by atoms with Gasteiger partial charge in [-0.1, -0.05) is 18.2 Å². The molecule has 0 radical (unpaired) electrons. The molecular weight excluding hydrogens is 212 g/mol. The minimum absolute atomic E-state index is 0.0205. The van der Waals surface area contributed by atoms with E-state index in [0.29, 0.717) is 0 Å². The van der Waals surface area contributed by atoms with Crippen LogP contribution >= 0.6 is 0 Å². The van der Waals surface area contributed by atoms with Gasteiger partial charge < -0.3 is 4.42 Å². The van der Waals surface area contributed by atoms with E-state index in [1.807, 2.05) is 12.1 Å². The molecule has 90 valence electrons. The Bertz CT molecular complexity index is 477. The zero-order valence-electron chi connectivity index (χ0n) is 10.2. The third-order valence-corrected chi connectivity index (χ3v) is 3.10. The van der Waals surface area contributed by atoms with Gasteiger partial charge in [0.15, 0.2) is 0 Å². The summed E-state index contributed by atoms with van der Waals surface area (Å²) in [6.45, 7) is 4.24. The smallest absolute Gasteiger partial charge is 0.122 e. The summed E-state index contributed by atoms with van der Waals surface area (Å²) in [6.07, 6.45) is 2.49. The van der Waals surface area contributed by atoms with Crippen LogP contribution < -0.4 is 11.3 Å². The first kappa shape index (κ1) is 11.9. The van der Waals surface area contributed by atoms with Crippen LogP contribution in [0.25, 0.3) is 0 Å². The van der Waals surface area contributed by atoms with Gasteiger partial charge in [-0.25, -0.2) is 5.43 Å². The zero-order valence-corrected chi connectivity index (χ0v) is 10.2. The molecular formula is C14H18N2O. The summed E-state index contributed by atoms with van der Waals surface area (Å²) in [5.74, 6) is 6.44. The Hall–Kier alpha value is -1.58. The Kier molecular flexibility index (Phi) is 3.61. The number of nitrogens with one attached hydrogen (secondary N) is 1. The van der Waals surface area contributed by atoms with E-state index in [-0.39, 0.29) is 6.04 Å². The Morgan fingerprint density at radius 1 is 1.24 bits per heavy atom. The summed E-state index contributed by atoms with van der Waals surface area (Å²) < 4.78 is 5.37. The molecule has 17 heavy (non-hydrogen) atoms. The fraction of sp³-hybridized carbons (Fsp3) is 0.286. The minimum atomic E-state index is 0.0205. The summed E-state index contributed by atoms with van der Waals surface area (Å²) in [4.78, 5) is 0. The third kappa shape index (κ3) is 2.75. The molecule has 1 aromatic carbocycles. The molecule has 3 nitrogen and oxygen atoms in total. The van der Waals surface area contributed by atoms with Gasteiger partial charge in [0.05, 0.1) is 12.3 Å². The summed E-state index contributed by atoms with van der Waals surface area (Å²) in [7, 11) is 0. The van der Waals surface area contributed by atoms with Crippen LogP contribution in [-0.4, -0.2) is 0 Å². The normalized spacial score (nSPS) is 12.6. The molecule has 0 saturated heterocycles. The van der Waals surface area contributed by atoms with Crippen LogP contribution in [0.5, 0.6) is 0 Å². The fourth-order valence-electron chi connectivity index (χ4n) is 1.90. The van der Waals surface area contributed by atoms with Crippen LogP contribution in [0.15, 0.2) is 41.0 Å². The van der Waals surface area contributed by atoms with Crippen LogP contribution in [0.4, 0.5) is 0 Å². The number of hydrazine groups is 1. The van der Waals surface area contributed by atoms with E-state index in [1.54, 1.807) is 6.26 Å². The standard InChI is InChI=1S/C14H18N2O/c1-10-5-6-12(8-11(10)2)9-13(16-15)14-4-3-7-17-14/h3-8,13,16H,9,15H2,1-2H3. The second-order valence-electron chi connectivity index (χ2n) is 4.36. The average molecular weight is 230 g/mol. The van der Waals surface area contributed by atoms with E-state index >= 15 is 0 Å². The number of nitrogens with two attached hydrogens (primary N) is 1. The molecule has 1 heterocycles. The number of benzene rings is 1. The van der Waals surface area contributed by atoms with Crippen molar-refractivity contribution in [2.45, 2.75) is 26.3 Å². The summed E-state index contributed by atoms with van der Waals surface area (Å²) >= 11 is 0. The Morgan fingerprint density at radius 2 is 2.06 bits per heavy atom. The van der Waals surface area contributed by atoms with E-state index in [9.17, 15) is 0 Å². The largest absolute Gasteiger partial charge is 0.468 e. The first-order valence-electron chi connectivity index (χ1n) is 5.76. The van der Waals surface area contributed by atoms with E-state index in [4.69, 9.17) is 10.3 Å². The van der Waals surface area contributed by atoms with E-state index < -0.39 is 0 Å². The van der Waals surface area contributed by atoms with Crippen molar-refractivity contribution in [3.8, 4) is 0 Å². The lowest BCUT2D eigenvalue weighted by molar-refractivity contribution is 0.416. The van der Waals surface area contributed by atoms with Crippen LogP contribution in [0, 0.1) is 13.8 Å². The van der Waals surface area contributed by atoms with Crippen LogP contribution in [0.2, 0.25) is 0 Å². The number of hydrogen-bond acceptors (Lipinski definition) is 3. The highest BCUT2D eigenvalue weighted by Gasteiger charge is 2.13. The number of aryl methyl sites for hydroxylation is 2. The lowest BCUT2D eigenvalue weighted by Crippen LogP contribution is -2.29. The molecule has 3 N–H and O–H groups in total. The van der Waals surface area contributed by atoms with Gasteiger partial charge in [-0.3, -0.25) is 5.84 Å². The topological polar surface area (TPSA) is 51.2 Å². The number of rotatable bonds is 4. The molecule has 3 heteroatoms. The monoisotopic (exact) mass is 230 g/mol. The van der Waals surface area contributed by atoms with Crippen LogP contribution in [0.1, 0.15) is 28.5 Å². The maximum Gasteiger partial charge on any atom is 0.122 e. The zero-order chi connectivity index (χ0) is 12.3. The number of hydrogen-bond donors (Lipinski definition) is 2. The Morgan fingerprint density at radius 3 is 2.65 bits per heavy atom. The summed E-state index contributed by atoms with van der Waals surface area (Å²) in [5.41, 5.74) is 6.66. The van der Waals surface area contributed by atoms with Gasteiger partial charge in [-0.2, -0.15) is 0 Å². The van der Waals surface area contributed by atoms with Gasteiger partial charge in [0, 0.05) is 0 Å². The maximum atomic E-state index is 5.57. The third-order valence-electron chi connectivity index (χ3n) is 3.10. The van der Waals surface area contributed by atoms with Crippen molar-refractivity contribution in [2.75, 3.05) is 0 Å². The predicted molar refractivity (Wildman–Crippen MR) is 68.4 cm³/mol. The van der Waals surface area contributed by atoms with Crippen molar-refractivity contribution in [1.82, 2.24) is 5.43 Å². The molecule has 0 fully saturated rings. The summed E-state index contributed by atoms with van der Waals surface area (Å²) in [5, 5.41) is 0. The first-order chi connectivity index (χ1) is 8.20. The van der Waals surface area contributed by atoms with Gasteiger partial charge in [0.1, 0.15) is 5.76 Å². The first-order valence-corrected chi connectivity index (χ1v) is 5.76. The molecule has 0 spiro atoms. The highest BCUT2D eigenvalue weighted by molar-refractivity contribution is 5.30. The molecule has 0 aliphatic rings. The Balaban J connectivity index is 2.16. The quantitative estimate of drug-likeness (QED) is 0.627. The maximum absolute atomic E-state index is 5.57. The molecule has 1 atom stereocenters. The van der Waals surface area contributed by atoms with Crippen molar-refractivity contribution < 1.29 is 4.42 Å². The highest BCUT2D eigenvalue weighted by atomic mass is 16.3. The summed E-state index contributed by atoms with van der Waals surface area (Å²) in [6, 6.07) is 10.3. The van der Waals surface area contributed by atoms with Gasteiger partial charge >= 0.3 is 0 Å². The predicted octanol–water partition coefficient (Wildman–Crippen LogP) is 2.64.